The fourth-order valence-corrected chi connectivity index (χ4v) is 4.34. The van der Waals surface area contributed by atoms with E-state index in [1.165, 1.54) is 18.7 Å². The average Bonchev–Trinajstić information content (AvgIpc) is 2.68. The molecule has 0 aromatic heterocycles. The Morgan fingerprint density at radius 1 is 1.45 bits per heavy atom. The van der Waals surface area contributed by atoms with E-state index >= 15 is 0 Å². The van der Waals surface area contributed by atoms with Crippen LogP contribution in [0.3, 0.4) is 0 Å². The van der Waals surface area contributed by atoms with Crippen molar-refractivity contribution in [3.63, 3.8) is 0 Å². The summed E-state index contributed by atoms with van der Waals surface area (Å²) in [6.07, 6.45) is 3.36. The number of nitrogens with zero attached hydrogens (tertiary/aromatic N) is 1. The minimum atomic E-state index is -0.697. The van der Waals surface area contributed by atoms with Crippen molar-refractivity contribution in [2.75, 3.05) is 6.54 Å². The zero-order chi connectivity index (χ0) is 16.1. The van der Waals surface area contributed by atoms with Gasteiger partial charge in [-0.05, 0) is 32.8 Å². The van der Waals surface area contributed by atoms with Crippen LogP contribution in [-0.2, 0) is 14.3 Å². The number of carbonyl (C=O) groups excluding carboxylic acids is 2. The van der Waals surface area contributed by atoms with Crippen molar-refractivity contribution in [2.24, 2.45) is 0 Å². The fourth-order valence-electron chi connectivity index (χ4n) is 3.14. The Morgan fingerprint density at radius 3 is 2.82 bits per heavy atom. The monoisotopic (exact) mass is 323 g/mol. The van der Waals surface area contributed by atoms with Gasteiger partial charge < -0.3 is 14.7 Å². The van der Waals surface area contributed by atoms with Crippen molar-refractivity contribution in [3.8, 4) is 0 Å². The summed E-state index contributed by atoms with van der Waals surface area (Å²) in [6, 6.07) is -0.375. The summed E-state index contributed by atoms with van der Waals surface area (Å²) in [6.45, 7) is 5.98. The average molecular weight is 323 g/mol. The SMILES string of the molecule is CC(=O)C1=CC(N2CCCCC2=O)C2=C(O1)SC(C)(C)C2O. The van der Waals surface area contributed by atoms with Gasteiger partial charge in [-0.2, -0.15) is 0 Å². The highest BCUT2D eigenvalue weighted by Gasteiger charge is 2.48. The van der Waals surface area contributed by atoms with Gasteiger partial charge in [0.2, 0.25) is 5.91 Å². The third-order valence-electron chi connectivity index (χ3n) is 4.42. The number of aliphatic hydroxyl groups is 1. The number of aliphatic hydroxyl groups excluding tert-OH is 1. The number of piperidine rings is 1. The second kappa shape index (κ2) is 5.42. The van der Waals surface area contributed by atoms with E-state index < -0.39 is 10.9 Å². The van der Waals surface area contributed by atoms with E-state index in [0.717, 1.165) is 18.4 Å². The molecule has 6 heteroatoms. The Hall–Kier alpha value is -1.27. The second-order valence-corrected chi connectivity index (χ2v) is 8.16. The van der Waals surface area contributed by atoms with Gasteiger partial charge in [0.15, 0.2) is 16.6 Å². The molecule has 0 aromatic carbocycles. The molecule has 22 heavy (non-hydrogen) atoms. The summed E-state index contributed by atoms with van der Waals surface area (Å²) in [7, 11) is 0. The predicted octanol–water partition coefficient (Wildman–Crippen LogP) is 1.97. The van der Waals surface area contributed by atoms with E-state index in [1.54, 1.807) is 11.0 Å². The number of amides is 1. The Bertz CT molecular complexity index is 593. The molecule has 1 N–H and O–H groups in total. The van der Waals surface area contributed by atoms with Gasteiger partial charge >= 0.3 is 0 Å². The summed E-state index contributed by atoms with van der Waals surface area (Å²) in [4.78, 5) is 25.8. The van der Waals surface area contributed by atoms with Crippen LogP contribution in [0.4, 0.5) is 0 Å². The molecule has 0 bridgehead atoms. The first-order chi connectivity index (χ1) is 10.3. The van der Waals surface area contributed by atoms with Crippen molar-refractivity contribution < 1.29 is 19.4 Å². The number of hydrogen-bond donors (Lipinski definition) is 1. The molecule has 3 aliphatic rings. The molecule has 0 spiro atoms. The van der Waals surface area contributed by atoms with Crippen LogP contribution in [0.15, 0.2) is 22.5 Å². The molecule has 3 rings (SSSR count). The molecule has 0 aromatic rings. The topological polar surface area (TPSA) is 66.8 Å². The lowest BCUT2D eigenvalue weighted by Crippen LogP contribution is -2.47. The summed E-state index contributed by atoms with van der Waals surface area (Å²) in [5.41, 5.74) is 0.718. The smallest absolute Gasteiger partial charge is 0.223 e. The maximum absolute atomic E-state index is 12.3. The maximum atomic E-state index is 12.3. The van der Waals surface area contributed by atoms with Crippen LogP contribution >= 0.6 is 11.8 Å². The lowest BCUT2D eigenvalue weighted by atomic mass is 9.90. The van der Waals surface area contributed by atoms with E-state index in [0.29, 0.717) is 18.1 Å². The Balaban J connectivity index is 2.00. The van der Waals surface area contributed by atoms with Gasteiger partial charge in [-0.15, -0.1) is 0 Å². The summed E-state index contributed by atoms with van der Waals surface area (Å²) in [5, 5.41) is 11.2. The van der Waals surface area contributed by atoms with Crippen molar-refractivity contribution in [3.05, 3.63) is 22.5 Å². The normalized spacial score (nSPS) is 30.8. The number of likely N-dealkylation sites (tertiary alicyclic amines) is 1. The molecule has 2 unspecified atom stereocenters. The molecule has 5 nitrogen and oxygen atoms in total. The standard InChI is InChI=1S/C16H21NO4S/c1-9(18)11-8-10(17-7-5-4-6-12(17)19)13-14(20)16(2,3)22-15(13)21-11/h8,10,14,20H,4-7H2,1-3H3. The van der Waals surface area contributed by atoms with E-state index in [-0.39, 0.29) is 23.5 Å². The molecule has 120 valence electrons. The van der Waals surface area contributed by atoms with E-state index in [9.17, 15) is 14.7 Å². The molecule has 1 amide bonds. The summed E-state index contributed by atoms with van der Waals surface area (Å²) >= 11 is 1.43. The van der Waals surface area contributed by atoms with Crippen LogP contribution in [0.25, 0.3) is 0 Å². The molecule has 0 aliphatic carbocycles. The molecular formula is C16H21NO4S. The molecule has 0 radical (unpaired) electrons. The number of Topliss-reactive ketones (excluding diaryl/α,β-unsaturated/α-hetero) is 1. The van der Waals surface area contributed by atoms with Gasteiger partial charge in [-0.3, -0.25) is 9.59 Å². The minimum absolute atomic E-state index is 0.0751. The van der Waals surface area contributed by atoms with Crippen molar-refractivity contribution in [2.45, 2.75) is 56.9 Å². The first kappa shape index (κ1) is 15.6. The number of carbonyl (C=O) groups is 2. The zero-order valence-electron chi connectivity index (χ0n) is 13.1. The Morgan fingerprint density at radius 2 is 2.18 bits per heavy atom. The van der Waals surface area contributed by atoms with Gasteiger partial charge in [-0.1, -0.05) is 11.8 Å². The van der Waals surface area contributed by atoms with Crippen LogP contribution in [0.2, 0.25) is 0 Å². The van der Waals surface area contributed by atoms with Crippen LogP contribution in [0, 0.1) is 0 Å². The largest absolute Gasteiger partial charge is 0.447 e. The quantitative estimate of drug-likeness (QED) is 0.841. The first-order valence-electron chi connectivity index (χ1n) is 7.62. The van der Waals surface area contributed by atoms with Gasteiger partial charge in [0.05, 0.1) is 12.1 Å². The first-order valence-corrected chi connectivity index (χ1v) is 8.44. The zero-order valence-corrected chi connectivity index (χ0v) is 13.9. The number of ether oxygens (including phenoxy) is 1. The number of allylic oxidation sites excluding steroid dienone is 1. The molecule has 2 atom stereocenters. The maximum Gasteiger partial charge on any atom is 0.223 e. The number of ketones is 1. The highest BCUT2D eigenvalue weighted by Crippen LogP contribution is 2.51. The molecule has 1 fully saturated rings. The Kier molecular flexibility index (Phi) is 3.85. The molecule has 3 aliphatic heterocycles. The van der Waals surface area contributed by atoms with E-state index in [4.69, 9.17) is 4.74 Å². The summed E-state index contributed by atoms with van der Waals surface area (Å²) in [5.74, 6) is 0.173. The van der Waals surface area contributed by atoms with Gasteiger partial charge in [0.25, 0.3) is 0 Å². The lowest BCUT2D eigenvalue weighted by Gasteiger charge is -2.37. The van der Waals surface area contributed by atoms with Gasteiger partial charge in [-0.25, -0.2) is 0 Å². The van der Waals surface area contributed by atoms with Crippen LogP contribution in [-0.4, -0.2) is 45.1 Å². The van der Waals surface area contributed by atoms with Crippen LogP contribution in [0.5, 0.6) is 0 Å². The molecule has 0 saturated carbocycles. The molecule has 3 heterocycles. The number of hydrogen-bond acceptors (Lipinski definition) is 5. The van der Waals surface area contributed by atoms with Crippen molar-refractivity contribution in [1.29, 1.82) is 0 Å². The highest BCUT2D eigenvalue weighted by molar-refractivity contribution is 8.04. The van der Waals surface area contributed by atoms with Crippen LogP contribution in [0.1, 0.15) is 40.0 Å². The van der Waals surface area contributed by atoms with Crippen molar-refractivity contribution in [1.82, 2.24) is 4.90 Å². The van der Waals surface area contributed by atoms with E-state index in [2.05, 4.69) is 0 Å². The molecule has 1 saturated heterocycles. The number of thioether (sulfide) groups is 1. The van der Waals surface area contributed by atoms with Gasteiger partial charge in [0, 0.05) is 30.2 Å². The molecular weight excluding hydrogens is 302 g/mol. The third-order valence-corrected chi connectivity index (χ3v) is 5.67. The predicted molar refractivity (Wildman–Crippen MR) is 83.9 cm³/mol. The number of rotatable bonds is 2. The van der Waals surface area contributed by atoms with Crippen LogP contribution < -0.4 is 0 Å². The Labute approximate surface area is 134 Å². The fraction of sp³-hybridized carbons (Fsp3) is 0.625. The highest BCUT2D eigenvalue weighted by atomic mass is 32.2. The van der Waals surface area contributed by atoms with Crippen molar-refractivity contribution >= 4 is 23.5 Å². The lowest BCUT2D eigenvalue weighted by molar-refractivity contribution is -0.134. The summed E-state index contributed by atoms with van der Waals surface area (Å²) < 4.78 is 5.26. The third kappa shape index (κ3) is 2.48. The van der Waals surface area contributed by atoms with E-state index in [1.807, 2.05) is 13.8 Å². The minimum Gasteiger partial charge on any atom is -0.447 e. The van der Waals surface area contributed by atoms with Gasteiger partial charge in [0.1, 0.15) is 0 Å². The second-order valence-electron chi connectivity index (χ2n) is 6.53.